The summed E-state index contributed by atoms with van der Waals surface area (Å²) in [6, 6.07) is 3.24. The lowest BCUT2D eigenvalue weighted by molar-refractivity contribution is 0.188. The molecule has 0 saturated carbocycles. The maximum absolute atomic E-state index is 9.16. The van der Waals surface area contributed by atoms with Gasteiger partial charge < -0.3 is 0 Å². The van der Waals surface area contributed by atoms with Gasteiger partial charge in [0, 0.05) is 18.6 Å². The molecule has 0 rings (SSSR count). The summed E-state index contributed by atoms with van der Waals surface area (Å²) in [5.41, 5.74) is 0. The summed E-state index contributed by atoms with van der Waals surface area (Å²) in [5, 5.41) is 12.5. The number of nitrogens with zero attached hydrogens (tertiary/aromatic N) is 2. The molecular weight excluding hydrogens is 210 g/mol. The van der Waals surface area contributed by atoms with Crippen LogP contribution in [0.4, 0.5) is 0 Å². The standard InChI is InChI=1S/C14H29N3/c1-6-8-9-17(13(5)7-2)11-14(10-15)16-12(3)4/h12-14,16H,6-9,11H2,1-5H3. The van der Waals surface area contributed by atoms with Gasteiger partial charge in [-0.3, -0.25) is 10.2 Å². The van der Waals surface area contributed by atoms with Gasteiger partial charge in [-0.15, -0.1) is 0 Å². The van der Waals surface area contributed by atoms with Crippen molar-refractivity contribution < 1.29 is 0 Å². The Kier molecular flexibility index (Phi) is 9.11. The predicted molar refractivity (Wildman–Crippen MR) is 73.9 cm³/mol. The Labute approximate surface area is 107 Å². The highest BCUT2D eigenvalue weighted by atomic mass is 15.2. The third-order valence-corrected chi connectivity index (χ3v) is 3.12. The van der Waals surface area contributed by atoms with Crippen LogP contribution in [-0.4, -0.2) is 36.1 Å². The van der Waals surface area contributed by atoms with E-state index >= 15 is 0 Å². The summed E-state index contributed by atoms with van der Waals surface area (Å²) < 4.78 is 0. The van der Waals surface area contributed by atoms with Gasteiger partial charge in [-0.25, -0.2) is 0 Å². The first-order valence-electron chi connectivity index (χ1n) is 6.94. The molecule has 1 N–H and O–H groups in total. The van der Waals surface area contributed by atoms with Crippen molar-refractivity contribution in [3.8, 4) is 6.07 Å². The molecule has 0 fully saturated rings. The average molecular weight is 239 g/mol. The number of rotatable bonds is 9. The molecule has 0 aromatic carbocycles. The number of unbranched alkanes of at least 4 members (excludes halogenated alkanes) is 1. The first kappa shape index (κ1) is 16.4. The van der Waals surface area contributed by atoms with Gasteiger partial charge in [-0.05, 0) is 40.2 Å². The Hall–Kier alpha value is -0.590. The zero-order valence-corrected chi connectivity index (χ0v) is 12.2. The van der Waals surface area contributed by atoms with Crippen molar-refractivity contribution in [3.63, 3.8) is 0 Å². The van der Waals surface area contributed by atoms with E-state index in [-0.39, 0.29) is 6.04 Å². The fourth-order valence-electron chi connectivity index (χ4n) is 1.88. The Morgan fingerprint density at radius 3 is 2.29 bits per heavy atom. The first-order valence-corrected chi connectivity index (χ1v) is 6.94. The quantitative estimate of drug-likeness (QED) is 0.672. The fourth-order valence-corrected chi connectivity index (χ4v) is 1.88. The Morgan fingerprint density at radius 1 is 1.24 bits per heavy atom. The Bertz CT molecular complexity index is 220. The van der Waals surface area contributed by atoms with Crippen molar-refractivity contribution in [1.29, 1.82) is 5.26 Å². The van der Waals surface area contributed by atoms with E-state index in [2.05, 4.69) is 50.9 Å². The summed E-state index contributed by atoms with van der Waals surface area (Å²) in [5.74, 6) is 0. The van der Waals surface area contributed by atoms with Gasteiger partial charge in [-0.1, -0.05) is 20.3 Å². The van der Waals surface area contributed by atoms with E-state index in [0.29, 0.717) is 12.1 Å². The minimum absolute atomic E-state index is 0.0548. The Morgan fingerprint density at radius 2 is 1.88 bits per heavy atom. The van der Waals surface area contributed by atoms with Crippen LogP contribution in [0.25, 0.3) is 0 Å². The molecule has 0 aliphatic rings. The van der Waals surface area contributed by atoms with Gasteiger partial charge in [0.25, 0.3) is 0 Å². The molecular formula is C14H29N3. The maximum Gasteiger partial charge on any atom is 0.108 e. The van der Waals surface area contributed by atoms with E-state index in [4.69, 9.17) is 5.26 Å². The summed E-state index contributed by atoms with van der Waals surface area (Å²) in [4.78, 5) is 2.44. The minimum atomic E-state index is -0.0548. The van der Waals surface area contributed by atoms with Crippen LogP contribution >= 0.6 is 0 Å². The molecule has 0 aliphatic heterocycles. The molecule has 3 nitrogen and oxygen atoms in total. The lowest BCUT2D eigenvalue weighted by Crippen LogP contribution is -2.46. The lowest BCUT2D eigenvalue weighted by atomic mass is 10.1. The van der Waals surface area contributed by atoms with E-state index < -0.39 is 0 Å². The SMILES string of the molecule is CCCCN(CC(C#N)NC(C)C)C(C)CC. The molecule has 2 atom stereocenters. The molecule has 0 radical (unpaired) electrons. The molecule has 0 aliphatic carbocycles. The second kappa shape index (κ2) is 9.44. The van der Waals surface area contributed by atoms with E-state index in [1.165, 1.54) is 12.8 Å². The van der Waals surface area contributed by atoms with Crippen LogP contribution in [0, 0.1) is 11.3 Å². The molecule has 2 unspecified atom stereocenters. The van der Waals surface area contributed by atoms with Gasteiger partial charge in [0.2, 0.25) is 0 Å². The second-order valence-electron chi connectivity index (χ2n) is 5.11. The smallest absolute Gasteiger partial charge is 0.108 e. The first-order chi connectivity index (χ1) is 8.04. The Balaban J connectivity index is 4.33. The van der Waals surface area contributed by atoms with Crippen molar-refractivity contribution in [3.05, 3.63) is 0 Å². The van der Waals surface area contributed by atoms with Gasteiger partial charge >= 0.3 is 0 Å². The largest absolute Gasteiger partial charge is 0.299 e. The normalized spacial score (nSPS) is 14.9. The highest BCUT2D eigenvalue weighted by Gasteiger charge is 2.17. The van der Waals surface area contributed by atoms with Gasteiger partial charge in [-0.2, -0.15) is 5.26 Å². The maximum atomic E-state index is 9.16. The van der Waals surface area contributed by atoms with Gasteiger partial charge in [0.05, 0.1) is 6.07 Å². The molecule has 0 saturated heterocycles. The summed E-state index contributed by atoms with van der Waals surface area (Å²) >= 11 is 0. The number of hydrogen-bond acceptors (Lipinski definition) is 3. The topological polar surface area (TPSA) is 39.1 Å². The van der Waals surface area contributed by atoms with E-state index in [9.17, 15) is 0 Å². The van der Waals surface area contributed by atoms with Gasteiger partial charge in [0.15, 0.2) is 0 Å². The second-order valence-corrected chi connectivity index (χ2v) is 5.11. The third-order valence-electron chi connectivity index (χ3n) is 3.12. The van der Waals surface area contributed by atoms with Crippen LogP contribution in [0.3, 0.4) is 0 Å². The van der Waals surface area contributed by atoms with Gasteiger partial charge in [0.1, 0.15) is 6.04 Å². The molecule has 3 heteroatoms. The fraction of sp³-hybridized carbons (Fsp3) is 0.929. The van der Waals surface area contributed by atoms with Crippen molar-refractivity contribution in [1.82, 2.24) is 10.2 Å². The van der Waals surface area contributed by atoms with E-state index in [1.54, 1.807) is 0 Å². The van der Waals surface area contributed by atoms with Crippen LogP contribution in [0.2, 0.25) is 0 Å². The molecule has 0 heterocycles. The monoisotopic (exact) mass is 239 g/mol. The molecule has 0 aromatic rings. The molecule has 17 heavy (non-hydrogen) atoms. The molecule has 0 bridgehead atoms. The zero-order chi connectivity index (χ0) is 13.3. The highest BCUT2D eigenvalue weighted by Crippen LogP contribution is 2.07. The molecule has 0 spiro atoms. The molecule has 100 valence electrons. The molecule has 0 amide bonds. The van der Waals surface area contributed by atoms with Crippen LogP contribution in [0.15, 0.2) is 0 Å². The van der Waals surface area contributed by atoms with Crippen molar-refractivity contribution in [2.24, 2.45) is 0 Å². The number of nitriles is 1. The highest BCUT2D eigenvalue weighted by molar-refractivity contribution is 4.93. The van der Waals surface area contributed by atoms with Crippen LogP contribution in [0.1, 0.15) is 53.9 Å². The summed E-state index contributed by atoms with van der Waals surface area (Å²) in [6.45, 7) is 12.8. The third kappa shape index (κ3) is 7.36. The van der Waals surface area contributed by atoms with Crippen molar-refractivity contribution >= 4 is 0 Å². The van der Waals surface area contributed by atoms with Crippen LogP contribution < -0.4 is 5.32 Å². The lowest BCUT2D eigenvalue weighted by Gasteiger charge is -2.30. The number of hydrogen-bond donors (Lipinski definition) is 1. The van der Waals surface area contributed by atoms with Crippen molar-refractivity contribution in [2.75, 3.05) is 13.1 Å². The predicted octanol–water partition coefficient (Wildman–Crippen LogP) is 2.78. The van der Waals surface area contributed by atoms with Crippen LogP contribution in [-0.2, 0) is 0 Å². The van der Waals surface area contributed by atoms with E-state index in [1.807, 2.05) is 0 Å². The average Bonchev–Trinajstić information content (AvgIpc) is 2.31. The number of nitrogens with one attached hydrogen (secondary N) is 1. The van der Waals surface area contributed by atoms with Crippen LogP contribution in [0.5, 0.6) is 0 Å². The summed E-state index contributed by atoms with van der Waals surface area (Å²) in [7, 11) is 0. The molecule has 0 aromatic heterocycles. The minimum Gasteiger partial charge on any atom is -0.299 e. The van der Waals surface area contributed by atoms with E-state index in [0.717, 1.165) is 19.5 Å². The summed E-state index contributed by atoms with van der Waals surface area (Å²) in [6.07, 6.45) is 3.56. The zero-order valence-electron chi connectivity index (χ0n) is 12.2. The van der Waals surface area contributed by atoms with Crippen molar-refractivity contribution in [2.45, 2.75) is 72.0 Å².